The second kappa shape index (κ2) is 50.3. The van der Waals surface area contributed by atoms with Crippen LogP contribution in [0.3, 0.4) is 0 Å². The predicted molar refractivity (Wildman–Crippen MR) is 261 cm³/mol. The van der Waals surface area contributed by atoms with Crippen molar-refractivity contribution >= 4 is 17.9 Å². The summed E-state index contributed by atoms with van der Waals surface area (Å²) in [7, 11) is 0. The molecule has 0 fully saturated rings. The molecule has 0 heterocycles. The molecular formula is C55H100O6. The summed E-state index contributed by atoms with van der Waals surface area (Å²) in [5.41, 5.74) is 0. The van der Waals surface area contributed by atoms with Crippen molar-refractivity contribution in [1.82, 2.24) is 0 Å². The first-order valence-corrected chi connectivity index (χ1v) is 26.5. The minimum Gasteiger partial charge on any atom is -0.462 e. The van der Waals surface area contributed by atoms with E-state index in [2.05, 4.69) is 57.2 Å². The van der Waals surface area contributed by atoms with E-state index in [0.717, 1.165) is 77.0 Å². The van der Waals surface area contributed by atoms with Gasteiger partial charge in [0.15, 0.2) is 6.10 Å². The molecule has 0 aromatic rings. The van der Waals surface area contributed by atoms with Crippen LogP contribution in [0.2, 0.25) is 0 Å². The lowest BCUT2D eigenvalue weighted by molar-refractivity contribution is -0.167. The van der Waals surface area contributed by atoms with E-state index in [9.17, 15) is 14.4 Å². The third-order valence-corrected chi connectivity index (χ3v) is 11.6. The summed E-state index contributed by atoms with van der Waals surface area (Å²) < 4.78 is 16.7. The van der Waals surface area contributed by atoms with Gasteiger partial charge in [-0.3, -0.25) is 14.4 Å². The van der Waals surface area contributed by atoms with Gasteiger partial charge in [0.1, 0.15) is 13.2 Å². The highest BCUT2D eigenvalue weighted by Crippen LogP contribution is 2.15. The molecule has 0 bridgehead atoms. The maximum atomic E-state index is 12.7. The summed E-state index contributed by atoms with van der Waals surface area (Å²) >= 11 is 0. The summed E-state index contributed by atoms with van der Waals surface area (Å²) in [5, 5.41) is 0. The molecule has 0 aromatic heterocycles. The maximum absolute atomic E-state index is 12.7. The zero-order valence-electron chi connectivity index (χ0n) is 40.7. The molecular weight excluding hydrogens is 757 g/mol. The SMILES string of the molecule is CCCC/C=C\CCCCCCCC(=O)OC(COC(=O)CCCCCCCCC)COC(=O)CCCCCCCCCCCCCCC/C=C\C/C=C\CCCCCCC. The van der Waals surface area contributed by atoms with Crippen molar-refractivity contribution in [3.8, 4) is 0 Å². The highest BCUT2D eigenvalue weighted by atomic mass is 16.6. The minimum absolute atomic E-state index is 0.0736. The Morgan fingerprint density at radius 2 is 0.607 bits per heavy atom. The fraction of sp³-hybridized carbons (Fsp3) is 0.836. The molecule has 0 N–H and O–H groups in total. The number of rotatable bonds is 48. The Hall–Kier alpha value is -2.37. The van der Waals surface area contributed by atoms with Crippen molar-refractivity contribution in [1.29, 1.82) is 0 Å². The van der Waals surface area contributed by atoms with E-state index in [4.69, 9.17) is 14.2 Å². The molecule has 0 amide bonds. The molecule has 356 valence electrons. The van der Waals surface area contributed by atoms with Crippen molar-refractivity contribution in [2.45, 2.75) is 284 Å². The van der Waals surface area contributed by atoms with Crippen LogP contribution >= 0.6 is 0 Å². The van der Waals surface area contributed by atoms with Gasteiger partial charge in [0.05, 0.1) is 0 Å². The Kier molecular flexibility index (Phi) is 48.3. The van der Waals surface area contributed by atoms with Crippen molar-refractivity contribution in [2.24, 2.45) is 0 Å². The third kappa shape index (κ3) is 48.5. The molecule has 0 aliphatic heterocycles. The van der Waals surface area contributed by atoms with E-state index in [1.807, 2.05) is 0 Å². The average molecular weight is 857 g/mol. The highest BCUT2D eigenvalue weighted by molar-refractivity contribution is 5.71. The van der Waals surface area contributed by atoms with Crippen LogP contribution in [0.1, 0.15) is 278 Å². The van der Waals surface area contributed by atoms with Crippen LogP contribution in [0.5, 0.6) is 0 Å². The fourth-order valence-corrected chi connectivity index (χ4v) is 7.57. The van der Waals surface area contributed by atoms with Gasteiger partial charge >= 0.3 is 17.9 Å². The maximum Gasteiger partial charge on any atom is 0.306 e. The molecule has 0 rings (SSSR count). The van der Waals surface area contributed by atoms with Crippen LogP contribution in [0, 0.1) is 0 Å². The monoisotopic (exact) mass is 857 g/mol. The lowest BCUT2D eigenvalue weighted by atomic mass is 10.0. The smallest absolute Gasteiger partial charge is 0.306 e. The molecule has 0 spiro atoms. The number of hydrogen-bond acceptors (Lipinski definition) is 6. The first-order chi connectivity index (χ1) is 30.0. The standard InChI is InChI=1S/C55H100O6/c1-4-7-10-13-16-18-20-21-22-23-24-25-26-27-28-29-30-31-32-33-35-36-39-42-45-48-54(57)60-51-52(50-59-53(56)47-44-41-38-15-12-9-6-3)61-55(58)49-46-43-40-37-34-19-17-14-11-8-5-2/h14,17,20-21,23-24,52H,4-13,15-16,18-19,22,25-51H2,1-3H3/b17-14-,21-20-,24-23-. The normalized spacial score (nSPS) is 12.2. The number of hydrogen-bond donors (Lipinski definition) is 0. The number of unbranched alkanes of at least 4 members (excludes halogenated alkanes) is 31. The van der Waals surface area contributed by atoms with Crippen LogP contribution < -0.4 is 0 Å². The second-order valence-corrected chi connectivity index (χ2v) is 17.8. The average Bonchev–Trinajstić information content (AvgIpc) is 3.26. The summed E-state index contributed by atoms with van der Waals surface area (Å²) in [5.74, 6) is -0.883. The number of allylic oxidation sites excluding steroid dienone is 6. The van der Waals surface area contributed by atoms with Crippen molar-refractivity contribution in [3.05, 3.63) is 36.5 Å². The van der Waals surface area contributed by atoms with Crippen LogP contribution in [-0.4, -0.2) is 37.2 Å². The van der Waals surface area contributed by atoms with Crippen LogP contribution in [0.25, 0.3) is 0 Å². The molecule has 1 atom stereocenters. The number of ether oxygens (including phenoxy) is 3. The number of carbonyl (C=O) groups is 3. The molecule has 0 saturated carbocycles. The summed E-state index contributed by atoms with van der Waals surface area (Å²) in [6.45, 7) is 6.55. The van der Waals surface area contributed by atoms with Gasteiger partial charge in [0.2, 0.25) is 0 Å². The van der Waals surface area contributed by atoms with Crippen molar-refractivity contribution in [2.75, 3.05) is 13.2 Å². The van der Waals surface area contributed by atoms with Gasteiger partial charge in [-0.2, -0.15) is 0 Å². The largest absolute Gasteiger partial charge is 0.462 e. The molecule has 0 saturated heterocycles. The van der Waals surface area contributed by atoms with Gasteiger partial charge in [-0.15, -0.1) is 0 Å². The Morgan fingerprint density at radius 1 is 0.328 bits per heavy atom. The zero-order valence-corrected chi connectivity index (χ0v) is 40.7. The van der Waals surface area contributed by atoms with Gasteiger partial charge in [-0.25, -0.2) is 0 Å². The van der Waals surface area contributed by atoms with Crippen molar-refractivity contribution < 1.29 is 28.6 Å². The van der Waals surface area contributed by atoms with Crippen LogP contribution in [-0.2, 0) is 28.6 Å². The summed E-state index contributed by atoms with van der Waals surface area (Å²) in [4.78, 5) is 37.7. The molecule has 0 aromatic carbocycles. The Labute approximate surface area is 378 Å². The topological polar surface area (TPSA) is 78.9 Å². The van der Waals surface area contributed by atoms with E-state index < -0.39 is 6.10 Å². The van der Waals surface area contributed by atoms with Gasteiger partial charge in [-0.1, -0.05) is 224 Å². The predicted octanol–water partition coefficient (Wildman–Crippen LogP) is 17.3. The van der Waals surface area contributed by atoms with Crippen molar-refractivity contribution in [3.63, 3.8) is 0 Å². The number of carbonyl (C=O) groups excluding carboxylic acids is 3. The van der Waals surface area contributed by atoms with Gasteiger partial charge in [0.25, 0.3) is 0 Å². The molecule has 0 radical (unpaired) electrons. The molecule has 6 heteroatoms. The van der Waals surface area contributed by atoms with Gasteiger partial charge in [0, 0.05) is 19.3 Å². The summed E-state index contributed by atoms with van der Waals surface area (Å²) in [6, 6.07) is 0. The number of esters is 3. The Morgan fingerprint density at radius 3 is 0.967 bits per heavy atom. The summed E-state index contributed by atoms with van der Waals surface area (Å²) in [6.07, 6.45) is 58.7. The van der Waals surface area contributed by atoms with E-state index in [1.54, 1.807) is 0 Å². The van der Waals surface area contributed by atoms with E-state index in [0.29, 0.717) is 19.3 Å². The highest BCUT2D eigenvalue weighted by Gasteiger charge is 2.19. The van der Waals surface area contributed by atoms with Gasteiger partial charge in [-0.05, 0) is 70.6 Å². The molecule has 6 nitrogen and oxygen atoms in total. The van der Waals surface area contributed by atoms with E-state index in [1.165, 1.54) is 161 Å². The minimum atomic E-state index is -0.770. The van der Waals surface area contributed by atoms with E-state index >= 15 is 0 Å². The zero-order chi connectivity index (χ0) is 44.4. The lowest BCUT2D eigenvalue weighted by Crippen LogP contribution is -2.30. The molecule has 0 aliphatic rings. The first-order valence-electron chi connectivity index (χ1n) is 26.5. The Bertz CT molecular complexity index is 1030. The Balaban J connectivity index is 4.08. The van der Waals surface area contributed by atoms with Crippen LogP contribution in [0.15, 0.2) is 36.5 Å². The first kappa shape index (κ1) is 58.6. The quantitative estimate of drug-likeness (QED) is 0.0262. The third-order valence-electron chi connectivity index (χ3n) is 11.6. The lowest BCUT2D eigenvalue weighted by Gasteiger charge is -2.18. The van der Waals surface area contributed by atoms with Gasteiger partial charge < -0.3 is 14.2 Å². The second-order valence-electron chi connectivity index (χ2n) is 17.8. The fourth-order valence-electron chi connectivity index (χ4n) is 7.57. The van der Waals surface area contributed by atoms with Crippen LogP contribution in [0.4, 0.5) is 0 Å². The molecule has 1 unspecified atom stereocenters. The molecule has 61 heavy (non-hydrogen) atoms. The molecule has 0 aliphatic carbocycles. The van der Waals surface area contributed by atoms with E-state index in [-0.39, 0.29) is 31.1 Å².